The van der Waals surface area contributed by atoms with Gasteiger partial charge in [-0.3, -0.25) is 33.6 Å². The van der Waals surface area contributed by atoms with Gasteiger partial charge in [-0.2, -0.15) is 0 Å². The molecule has 5 amide bonds. The maximum absolute atomic E-state index is 14.4. The Morgan fingerprint density at radius 3 is 1.98 bits per heavy atom. The normalized spacial score (nSPS) is 18.1. The Morgan fingerprint density at radius 2 is 1.45 bits per heavy atom. The average Bonchev–Trinajstić information content (AvgIpc) is 3.72. The van der Waals surface area contributed by atoms with Gasteiger partial charge in [0.25, 0.3) is 5.91 Å². The third kappa shape index (κ3) is 14.7. The number of ether oxygens (including phenoxy) is 2. The Morgan fingerprint density at radius 1 is 0.828 bits per heavy atom. The van der Waals surface area contributed by atoms with Crippen molar-refractivity contribution in [3.05, 3.63) is 65.7 Å². The van der Waals surface area contributed by atoms with Crippen molar-refractivity contribution in [2.45, 2.75) is 129 Å². The lowest BCUT2D eigenvalue weighted by Crippen LogP contribution is -2.59. The highest BCUT2D eigenvalue weighted by molar-refractivity contribution is 7.89. The number of nitrogen functional groups attached to an aromatic ring is 1. The SMILES string of the molecule is CC[C@H](C)[C@@H]([C@@H](CC(=O)N1CCC[C@H]1[C@H](OC)[C@@H](C)C(=O)N[C@@H](Cc1ccccc1)C(=O)NS(=O)(=O)Cc1ccc(N)cc1)OC)N(C)C(=O)C(NC(=O)[C@H](C(C)C)N(C)C)C(C)C. The van der Waals surface area contributed by atoms with Crippen LogP contribution >= 0.6 is 0 Å². The largest absolute Gasteiger partial charge is 0.399 e. The van der Waals surface area contributed by atoms with E-state index in [2.05, 4.69) is 15.4 Å². The van der Waals surface area contributed by atoms with Gasteiger partial charge in [0, 0.05) is 39.9 Å². The van der Waals surface area contributed by atoms with Gasteiger partial charge < -0.3 is 35.6 Å². The molecule has 1 aliphatic rings. The molecule has 5 N–H and O–H groups in total. The zero-order valence-electron chi connectivity index (χ0n) is 40.0. The van der Waals surface area contributed by atoms with Gasteiger partial charge in [-0.05, 0) is 68.0 Å². The van der Waals surface area contributed by atoms with E-state index in [0.717, 1.165) is 0 Å². The van der Waals surface area contributed by atoms with Gasteiger partial charge in [-0.15, -0.1) is 0 Å². The molecule has 358 valence electrons. The molecule has 3 rings (SSSR count). The Kier molecular flexibility index (Phi) is 20.7. The quantitative estimate of drug-likeness (QED) is 0.112. The first-order valence-electron chi connectivity index (χ1n) is 22.4. The number of hydrogen-bond donors (Lipinski definition) is 4. The average molecular weight is 914 g/mol. The van der Waals surface area contributed by atoms with Gasteiger partial charge in [-0.25, -0.2) is 8.42 Å². The number of sulfonamides is 1. The Hall–Kier alpha value is -4.58. The van der Waals surface area contributed by atoms with Crippen molar-refractivity contribution in [3.8, 4) is 0 Å². The minimum atomic E-state index is -4.16. The summed E-state index contributed by atoms with van der Waals surface area (Å²) in [6.45, 7) is 13.8. The van der Waals surface area contributed by atoms with E-state index in [4.69, 9.17) is 15.2 Å². The molecule has 0 saturated carbocycles. The third-order valence-electron chi connectivity index (χ3n) is 12.5. The van der Waals surface area contributed by atoms with Gasteiger partial charge in [0.1, 0.15) is 12.1 Å². The van der Waals surface area contributed by atoms with E-state index < -0.39 is 75.9 Å². The summed E-state index contributed by atoms with van der Waals surface area (Å²) in [5.74, 6) is -3.83. The maximum Gasteiger partial charge on any atom is 0.256 e. The number of carbonyl (C=O) groups is 5. The standard InChI is InChI=1S/C47H75N7O9S/c1-13-31(6)42(53(10)47(59)40(29(2)3)50-46(58)41(30(4)5)52(8)9)38(62-11)27-39(55)54-25-17-20-37(54)43(63-12)32(7)44(56)49-36(26-33-18-15-14-16-19-33)45(57)51-64(60,61)28-34-21-23-35(48)24-22-34/h14-16,18-19,21-24,29-32,36-38,40-43H,13,17,20,25-28,48H2,1-12H3,(H,49,56)(H,50,58)(H,51,57)/t31-,32+,36-,37-,38+,40?,41-,42-,43+/m0/s1. The molecule has 1 aliphatic heterocycles. The minimum absolute atomic E-state index is 0.0121. The van der Waals surface area contributed by atoms with E-state index >= 15 is 0 Å². The van der Waals surface area contributed by atoms with E-state index in [1.54, 1.807) is 72.3 Å². The smallest absolute Gasteiger partial charge is 0.256 e. The summed E-state index contributed by atoms with van der Waals surface area (Å²) in [5.41, 5.74) is 7.35. The number of carbonyl (C=O) groups excluding carboxylic acids is 5. The minimum Gasteiger partial charge on any atom is -0.399 e. The lowest BCUT2D eigenvalue weighted by molar-refractivity contribution is -0.148. The van der Waals surface area contributed by atoms with Crippen LogP contribution in [0.3, 0.4) is 0 Å². The summed E-state index contributed by atoms with van der Waals surface area (Å²) >= 11 is 0. The first kappa shape index (κ1) is 53.8. The van der Waals surface area contributed by atoms with Crippen LogP contribution in [0.1, 0.15) is 85.3 Å². The van der Waals surface area contributed by atoms with Gasteiger partial charge in [0.05, 0.1) is 48.4 Å². The van der Waals surface area contributed by atoms with Crippen molar-refractivity contribution in [2.75, 3.05) is 47.6 Å². The highest BCUT2D eigenvalue weighted by atomic mass is 32.2. The number of hydrogen-bond acceptors (Lipinski definition) is 11. The van der Waals surface area contributed by atoms with E-state index in [1.807, 2.05) is 66.6 Å². The van der Waals surface area contributed by atoms with Crippen LogP contribution in [-0.2, 0) is 55.6 Å². The van der Waals surface area contributed by atoms with Gasteiger partial charge >= 0.3 is 0 Å². The Bertz CT molecular complexity index is 1940. The van der Waals surface area contributed by atoms with Crippen LogP contribution in [0.4, 0.5) is 5.69 Å². The zero-order valence-corrected chi connectivity index (χ0v) is 40.8. The molecule has 1 unspecified atom stereocenters. The molecular weight excluding hydrogens is 839 g/mol. The number of methoxy groups -OCH3 is 2. The molecular formula is C47H75N7O9S. The summed E-state index contributed by atoms with van der Waals surface area (Å²) in [6, 6.07) is 11.7. The van der Waals surface area contributed by atoms with Crippen molar-refractivity contribution in [2.24, 2.45) is 23.7 Å². The molecule has 1 heterocycles. The lowest BCUT2D eigenvalue weighted by Gasteiger charge is -2.41. The predicted molar refractivity (Wildman–Crippen MR) is 249 cm³/mol. The number of likely N-dealkylation sites (tertiary alicyclic amines) is 1. The monoisotopic (exact) mass is 914 g/mol. The second-order valence-electron chi connectivity index (χ2n) is 18.2. The first-order chi connectivity index (χ1) is 30.1. The molecule has 17 heteroatoms. The fourth-order valence-electron chi connectivity index (χ4n) is 8.87. The molecule has 0 aromatic heterocycles. The highest BCUT2D eigenvalue weighted by Gasteiger charge is 2.43. The first-order valence-corrected chi connectivity index (χ1v) is 24.0. The number of amides is 5. The molecule has 0 spiro atoms. The van der Waals surface area contributed by atoms with Crippen LogP contribution in [0, 0.1) is 23.7 Å². The van der Waals surface area contributed by atoms with Crippen LogP contribution < -0.4 is 21.1 Å². The highest BCUT2D eigenvalue weighted by Crippen LogP contribution is 2.30. The molecule has 1 saturated heterocycles. The fourth-order valence-corrected chi connectivity index (χ4v) is 10.0. The van der Waals surface area contributed by atoms with E-state index in [1.165, 1.54) is 14.2 Å². The predicted octanol–water partition coefficient (Wildman–Crippen LogP) is 3.59. The summed E-state index contributed by atoms with van der Waals surface area (Å²) in [5, 5.41) is 5.81. The summed E-state index contributed by atoms with van der Waals surface area (Å²) < 4.78 is 40.4. The molecule has 16 nitrogen and oxygen atoms in total. The van der Waals surface area contributed by atoms with E-state index in [0.29, 0.717) is 42.6 Å². The van der Waals surface area contributed by atoms with Crippen LogP contribution in [0.25, 0.3) is 0 Å². The maximum atomic E-state index is 14.4. The molecule has 1 fully saturated rings. The van der Waals surface area contributed by atoms with Crippen molar-refractivity contribution in [3.63, 3.8) is 0 Å². The van der Waals surface area contributed by atoms with Crippen LogP contribution in [0.2, 0.25) is 0 Å². The molecule has 0 bridgehead atoms. The fraction of sp³-hybridized carbons (Fsp3) is 0.638. The van der Waals surface area contributed by atoms with Crippen LogP contribution in [-0.4, -0.2) is 137 Å². The second-order valence-corrected chi connectivity index (χ2v) is 19.9. The second kappa shape index (κ2) is 24.6. The number of nitrogens with two attached hydrogens (primary N) is 1. The Labute approximate surface area is 381 Å². The summed E-state index contributed by atoms with van der Waals surface area (Å²) in [6.07, 6.45) is 0.346. The number of likely N-dealkylation sites (N-methyl/N-ethyl adjacent to an activating group) is 2. The summed E-state index contributed by atoms with van der Waals surface area (Å²) in [7, 11) is 4.20. The van der Waals surface area contributed by atoms with Crippen molar-refractivity contribution < 1.29 is 41.9 Å². The molecule has 2 aromatic rings. The molecule has 64 heavy (non-hydrogen) atoms. The Balaban J connectivity index is 1.82. The number of rotatable bonds is 24. The number of anilines is 1. The zero-order chi connectivity index (χ0) is 48.1. The van der Waals surface area contributed by atoms with E-state index in [9.17, 15) is 32.4 Å². The van der Waals surface area contributed by atoms with Crippen molar-refractivity contribution in [1.29, 1.82) is 0 Å². The topological polar surface area (TPSA) is 210 Å². The molecule has 9 atom stereocenters. The summed E-state index contributed by atoms with van der Waals surface area (Å²) in [4.78, 5) is 75.2. The van der Waals surface area contributed by atoms with Crippen LogP contribution in [0.15, 0.2) is 54.6 Å². The lowest BCUT2D eigenvalue weighted by atomic mass is 9.89. The molecule has 0 aliphatic carbocycles. The number of nitrogens with one attached hydrogen (secondary N) is 3. The molecule has 2 aromatic carbocycles. The van der Waals surface area contributed by atoms with E-state index in [-0.39, 0.29) is 48.3 Å². The van der Waals surface area contributed by atoms with Crippen LogP contribution in [0.5, 0.6) is 0 Å². The number of nitrogens with zero attached hydrogens (tertiary/aromatic N) is 3. The third-order valence-corrected chi connectivity index (χ3v) is 13.7. The van der Waals surface area contributed by atoms with Crippen molar-refractivity contribution in [1.82, 2.24) is 30.1 Å². The van der Waals surface area contributed by atoms with Gasteiger partial charge in [-0.1, -0.05) is 97.4 Å². The molecule has 0 radical (unpaired) electrons. The van der Waals surface area contributed by atoms with Crippen molar-refractivity contribution >= 4 is 45.2 Å². The number of benzene rings is 2. The van der Waals surface area contributed by atoms with Gasteiger partial charge in [0.2, 0.25) is 33.7 Å². The van der Waals surface area contributed by atoms with Gasteiger partial charge in [0.15, 0.2) is 0 Å².